The van der Waals surface area contributed by atoms with Gasteiger partial charge in [-0.2, -0.15) is 0 Å². The van der Waals surface area contributed by atoms with Crippen LogP contribution in [0.5, 0.6) is 0 Å². The SMILES string of the molecule is CCOC(=O)C[C@H]1OCCO[C@H]1OCC. The molecular weight excluding hydrogens is 200 g/mol. The molecule has 0 bridgehead atoms. The van der Waals surface area contributed by atoms with E-state index in [2.05, 4.69) is 0 Å². The minimum Gasteiger partial charge on any atom is -0.466 e. The second-order valence-corrected chi connectivity index (χ2v) is 3.11. The van der Waals surface area contributed by atoms with Gasteiger partial charge in [-0.1, -0.05) is 0 Å². The first kappa shape index (κ1) is 12.4. The molecule has 0 amide bonds. The zero-order valence-corrected chi connectivity index (χ0v) is 9.23. The molecule has 0 N–H and O–H groups in total. The minimum atomic E-state index is -0.451. The first-order chi connectivity index (χ1) is 7.27. The second-order valence-electron chi connectivity index (χ2n) is 3.11. The van der Waals surface area contributed by atoms with Gasteiger partial charge in [0, 0.05) is 6.61 Å². The van der Waals surface area contributed by atoms with Crippen molar-refractivity contribution in [3.05, 3.63) is 0 Å². The van der Waals surface area contributed by atoms with Crippen LogP contribution < -0.4 is 0 Å². The average Bonchev–Trinajstić information content (AvgIpc) is 2.21. The monoisotopic (exact) mass is 218 g/mol. The number of rotatable bonds is 5. The Bertz CT molecular complexity index is 192. The van der Waals surface area contributed by atoms with Crippen molar-refractivity contribution in [2.24, 2.45) is 0 Å². The van der Waals surface area contributed by atoms with Gasteiger partial charge in [-0.3, -0.25) is 4.79 Å². The highest BCUT2D eigenvalue weighted by Crippen LogP contribution is 2.15. The van der Waals surface area contributed by atoms with Crippen molar-refractivity contribution in [2.75, 3.05) is 26.4 Å². The topological polar surface area (TPSA) is 54.0 Å². The van der Waals surface area contributed by atoms with Gasteiger partial charge in [0.25, 0.3) is 0 Å². The Balaban J connectivity index is 2.38. The molecule has 1 fully saturated rings. The zero-order chi connectivity index (χ0) is 11.1. The van der Waals surface area contributed by atoms with Gasteiger partial charge >= 0.3 is 5.97 Å². The predicted molar refractivity (Wildman–Crippen MR) is 52.4 cm³/mol. The normalized spacial score (nSPS) is 26.3. The molecule has 88 valence electrons. The third kappa shape index (κ3) is 4.15. The van der Waals surface area contributed by atoms with E-state index in [1.807, 2.05) is 6.92 Å². The van der Waals surface area contributed by atoms with E-state index < -0.39 is 6.29 Å². The molecule has 0 aromatic carbocycles. The molecular formula is C10H18O5. The van der Waals surface area contributed by atoms with Crippen LogP contribution in [0.2, 0.25) is 0 Å². The summed E-state index contributed by atoms with van der Waals surface area (Å²) in [5.74, 6) is -0.280. The Morgan fingerprint density at radius 1 is 1.27 bits per heavy atom. The van der Waals surface area contributed by atoms with E-state index >= 15 is 0 Å². The maximum Gasteiger partial charge on any atom is 0.308 e. The summed E-state index contributed by atoms with van der Waals surface area (Å²) >= 11 is 0. The summed E-state index contributed by atoms with van der Waals surface area (Å²) in [6, 6.07) is 0. The molecule has 1 aliphatic heterocycles. The fourth-order valence-corrected chi connectivity index (χ4v) is 1.41. The van der Waals surface area contributed by atoms with E-state index in [1.54, 1.807) is 6.92 Å². The van der Waals surface area contributed by atoms with Crippen molar-refractivity contribution in [1.29, 1.82) is 0 Å². The largest absolute Gasteiger partial charge is 0.466 e. The first-order valence-electron chi connectivity index (χ1n) is 5.28. The maximum absolute atomic E-state index is 11.2. The van der Waals surface area contributed by atoms with Gasteiger partial charge in [-0.15, -0.1) is 0 Å². The number of hydrogen-bond acceptors (Lipinski definition) is 5. The molecule has 0 spiro atoms. The van der Waals surface area contributed by atoms with Crippen LogP contribution in [0.25, 0.3) is 0 Å². The summed E-state index contributed by atoms with van der Waals surface area (Å²) in [6.07, 6.45) is -0.621. The molecule has 1 saturated heterocycles. The van der Waals surface area contributed by atoms with Gasteiger partial charge in [-0.05, 0) is 13.8 Å². The highest BCUT2D eigenvalue weighted by atomic mass is 16.7. The van der Waals surface area contributed by atoms with Gasteiger partial charge in [0.05, 0.1) is 26.2 Å². The smallest absolute Gasteiger partial charge is 0.308 e. The molecule has 5 nitrogen and oxygen atoms in total. The predicted octanol–water partition coefficient (Wildman–Crippen LogP) is 0.718. The van der Waals surface area contributed by atoms with Crippen molar-refractivity contribution in [1.82, 2.24) is 0 Å². The Labute approximate surface area is 89.6 Å². The molecule has 1 aliphatic rings. The summed E-state index contributed by atoms with van der Waals surface area (Å²) in [7, 11) is 0. The molecule has 0 unspecified atom stereocenters. The lowest BCUT2D eigenvalue weighted by Crippen LogP contribution is -2.41. The third-order valence-electron chi connectivity index (χ3n) is 2.01. The molecule has 5 heteroatoms. The number of esters is 1. The zero-order valence-electron chi connectivity index (χ0n) is 9.23. The highest BCUT2D eigenvalue weighted by Gasteiger charge is 2.29. The van der Waals surface area contributed by atoms with Crippen LogP contribution in [0.15, 0.2) is 0 Å². The quantitative estimate of drug-likeness (QED) is 0.636. The van der Waals surface area contributed by atoms with Crippen molar-refractivity contribution in [3.8, 4) is 0 Å². The molecule has 0 aliphatic carbocycles. The van der Waals surface area contributed by atoms with E-state index in [1.165, 1.54) is 0 Å². The Morgan fingerprint density at radius 3 is 2.67 bits per heavy atom. The van der Waals surface area contributed by atoms with Crippen LogP contribution in [0.1, 0.15) is 20.3 Å². The lowest BCUT2D eigenvalue weighted by molar-refractivity contribution is -0.248. The first-order valence-corrected chi connectivity index (χ1v) is 5.28. The number of ether oxygens (including phenoxy) is 4. The minimum absolute atomic E-state index is 0.179. The Hall–Kier alpha value is -0.650. The number of carbonyl (C=O) groups excluding carboxylic acids is 1. The molecule has 0 aromatic heterocycles. The van der Waals surface area contributed by atoms with E-state index in [4.69, 9.17) is 18.9 Å². The molecule has 0 aromatic rings. The van der Waals surface area contributed by atoms with Crippen molar-refractivity contribution < 1.29 is 23.7 Å². The van der Waals surface area contributed by atoms with E-state index in [0.29, 0.717) is 26.4 Å². The summed E-state index contributed by atoms with van der Waals surface area (Å²) in [5.41, 5.74) is 0. The molecule has 15 heavy (non-hydrogen) atoms. The standard InChI is InChI=1S/C10H18O5/c1-3-12-9(11)7-8-10(13-4-2)15-6-5-14-8/h8,10H,3-7H2,1-2H3/t8-,10-/m1/s1. The van der Waals surface area contributed by atoms with Crippen molar-refractivity contribution in [2.45, 2.75) is 32.7 Å². The summed E-state index contributed by atoms with van der Waals surface area (Å²) in [6.45, 7) is 5.56. The maximum atomic E-state index is 11.2. The molecule has 1 rings (SSSR count). The molecule has 1 heterocycles. The number of hydrogen-bond donors (Lipinski definition) is 0. The fraction of sp³-hybridized carbons (Fsp3) is 0.900. The van der Waals surface area contributed by atoms with E-state index in [9.17, 15) is 4.79 Å². The number of carbonyl (C=O) groups is 1. The lowest BCUT2D eigenvalue weighted by atomic mass is 10.2. The molecule has 0 saturated carbocycles. The van der Waals surface area contributed by atoms with Gasteiger partial charge in [0.2, 0.25) is 0 Å². The third-order valence-corrected chi connectivity index (χ3v) is 2.01. The van der Waals surface area contributed by atoms with Crippen LogP contribution in [0.3, 0.4) is 0 Å². The fourth-order valence-electron chi connectivity index (χ4n) is 1.41. The van der Waals surface area contributed by atoms with Gasteiger partial charge in [-0.25, -0.2) is 0 Å². The van der Waals surface area contributed by atoms with Crippen LogP contribution in [0.4, 0.5) is 0 Å². The van der Waals surface area contributed by atoms with Crippen molar-refractivity contribution in [3.63, 3.8) is 0 Å². The lowest BCUT2D eigenvalue weighted by Gasteiger charge is -2.30. The second kappa shape index (κ2) is 6.76. The average molecular weight is 218 g/mol. The summed E-state index contributed by atoms with van der Waals surface area (Å²) in [4.78, 5) is 11.2. The summed E-state index contributed by atoms with van der Waals surface area (Å²) < 4.78 is 20.9. The van der Waals surface area contributed by atoms with Crippen LogP contribution in [-0.4, -0.2) is 44.8 Å². The van der Waals surface area contributed by atoms with Gasteiger partial charge < -0.3 is 18.9 Å². The highest BCUT2D eigenvalue weighted by molar-refractivity contribution is 5.70. The molecule has 2 atom stereocenters. The van der Waals surface area contributed by atoms with Crippen LogP contribution >= 0.6 is 0 Å². The summed E-state index contributed by atoms with van der Waals surface area (Å²) in [5, 5.41) is 0. The van der Waals surface area contributed by atoms with Gasteiger partial charge in [0.15, 0.2) is 6.29 Å². The Kier molecular flexibility index (Phi) is 5.60. The van der Waals surface area contributed by atoms with Crippen LogP contribution in [-0.2, 0) is 23.7 Å². The van der Waals surface area contributed by atoms with E-state index in [0.717, 1.165) is 0 Å². The van der Waals surface area contributed by atoms with Crippen LogP contribution in [0, 0.1) is 0 Å². The van der Waals surface area contributed by atoms with Crippen molar-refractivity contribution >= 4 is 5.97 Å². The van der Waals surface area contributed by atoms with Gasteiger partial charge in [0.1, 0.15) is 6.10 Å². The Morgan fingerprint density at radius 2 is 2.00 bits per heavy atom. The molecule has 0 radical (unpaired) electrons. The van der Waals surface area contributed by atoms with E-state index in [-0.39, 0.29) is 18.5 Å².